The van der Waals surface area contributed by atoms with Gasteiger partial charge in [0.05, 0.1) is 11.6 Å². The molecule has 19 heteroatoms. The molecule has 0 spiro atoms. The zero-order valence-electron chi connectivity index (χ0n) is 25.5. The highest BCUT2D eigenvalue weighted by Crippen LogP contribution is 2.68. The minimum Gasteiger partial charge on any atom is -0.508 e. The number of amides is 2. The Morgan fingerprint density at radius 2 is 1.57 bits per heavy atom. The molecular weight excluding hydrogens is 688 g/mol. The number of hydrogen-bond donors (Lipinski definition) is 10. The number of phenolic OH excluding ortho intramolecular Hbond substituents is 1. The molecule has 0 aromatic heterocycles. The third-order valence-electron chi connectivity index (χ3n) is 7.72. The maximum atomic E-state index is 13.1. The molecular formula is C30H33N3O14P2. The lowest BCUT2D eigenvalue weighted by Gasteiger charge is -2.29. The molecule has 2 aliphatic rings. The van der Waals surface area contributed by atoms with Crippen LogP contribution in [-0.2, 0) is 13.9 Å². The Morgan fingerprint density at radius 3 is 2.22 bits per heavy atom. The van der Waals surface area contributed by atoms with Gasteiger partial charge in [0.15, 0.2) is 5.43 Å². The monoisotopic (exact) mass is 721 g/mol. The van der Waals surface area contributed by atoms with E-state index in [1.54, 1.807) is 0 Å². The molecule has 0 saturated carbocycles. The average Bonchev–Trinajstić information content (AvgIpc) is 3.01. The Morgan fingerprint density at radius 1 is 0.878 bits per heavy atom. The van der Waals surface area contributed by atoms with Gasteiger partial charge in [0.25, 0.3) is 11.0 Å². The Kier molecular flexibility index (Phi) is 11.1. The molecule has 0 saturated heterocycles. The number of rotatable bonds is 14. The van der Waals surface area contributed by atoms with Crippen LogP contribution in [0.25, 0.3) is 33.4 Å². The van der Waals surface area contributed by atoms with E-state index in [0.29, 0.717) is 29.4 Å². The number of aromatic carboxylic acids is 1. The average molecular weight is 722 g/mol. The van der Waals surface area contributed by atoms with Crippen LogP contribution in [0.2, 0.25) is 0 Å². The summed E-state index contributed by atoms with van der Waals surface area (Å²) in [4.78, 5) is 86.4. The summed E-state index contributed by atoms with van der Waals surface area (Å²) < 4.78 is 28.7. The maximum Gasteiger partial charge on any atom is 0.369 e. The van der Waals surface area contributed by atoms with Crippen molar-refractivity contribution in [2.24, 2.45) is 5.73 Å². The van der Waals surface area contributed by atoms with Crippen molar-refractivity contribution in [3.63, 3.8) is 0 Å². The number of carboxylic acids is 1. The van der Waals surface area contributed by atoms with Gasteiger partial charge in [0, 0.05) is 53.7 Å². The number of unbranched alkanes of at least 4 members (excludes halogenated alkanes) is 1. The van der Waals surface area contributed by atoms with E-state index in [-0.39, 0.29) is 52.2 Å². The van der Waals surface area contributed by atoms with Gasteiger partial charge in [-0.1, -0.05) is 0 Å². The van der Waals surface area contributed by atoms with Crippen LogP contribution in [0.4, 0.5) is 0 Å². The standard InChI is InChI=1S/C30H33N3O14P2/c31-23(28(37)33-12-10-30(40,48(41,42)43)49(44,45)46)3-1-2-11-32-27(36)16-4-7-19(29(38)39)22(13-16)26-20-8-5-17(34)14-24(20)47-25-15-18(35)6-9-21(25)26/h4-9,13-15,23,34,40H,1-3,10-12,31H2,(H,32,36)(H,33,37)(H,38,39)(H2,41,42,43)(H2,44,45,46)/t23-/m0/s1. The number of nitrogens with one attached hydrogen (secondary N) is 2. The fourth-order valence-electron chi connectivity index (χ4n) is 5.10. The fourth-order valence-corrected chi connectivity index (χ4v) is 7.26. The van der Waals surface area contributed by atoms with Crippen LogP contribution < -0.4 is 21.8 Å². The number of benzene rings is 3. The van der Waals surface area contributed by atoms with E-state index < -0.39 is 57.1 Å². The molecule has 1 heterocycles. The lowest BCUT2D eigenvalue weighted by molar-refractivity contribution is -0.122. The normalized spacial score (nSPS) is 12.9. The summed E-state index contributed by atoms with van der Waals surface area (Å²) in [5.74, 6) is -2.60. The zero-order valence-corrected chi connectivity index (χ0v) is 27.3. The second-order valence-electron chi connectivity index (χ2n) is 11.1. The number of nitrogens with two attached hydrogens (primary N) is 1. The molecule has 1 atom stereocenters. The van der Waals surface area contributed by atoms with Gasteiger partial charge in [-0.2, -0.15) is 0 Å². The number of phenols is 1. The molecule has 2 amide bonds. The summed E-state index contributed by atoms with van der Waals surface area (Å²) in [6, 6.07) is 11.1. The number of carbonyl (C=O) groups is 3. The third-order valence-corrected chi connectivity index (χ3v) is 11.6. The summed E-state index contributed by atoms with van der Waals surface area (Å²) >= 11 is 0. The number of aliphatic hydroxyl groups is 1. The van der Waals surface area contributed by atoms with E-state index >= 15 is 0 Å². The SMILES string of the molecule is N[C@@H](CCCCNC(=O)c1ccc(C(=O)O)c(-c2c3ccc(=O)cc-3oc3cc(O)ccc23)c1)C(=O)NCCC(O)(P(=O)(O)O)P(=O)(O)O. The molecule has 11 N–H and O–H groups in total. The van der Waals surface area contributed by atoms with Crippen LogP contribution in [0.1, 0.15) is 46.4 Å². The number of carbonyl (C=O) groups excluding carboxylic acids is 2. The number of carboxylic acid groups (broad SMARTS) is 1. The number of aromatic hydroxyl groups is 1. The Bertz CT molecular complexity index is 2010. The summed E-state index contributed by atoms with van der Waals surface area (Å²) in [5.41, 5.74) is 6.55. The van der Waals surface area contributed by atoms with Gasteiger partial charge in [-0.25, -0.2) is 4.79 Å². The summed E-state index contributed by atoms with van der Waals surface area (Å²) in [7, 11) is -11.3. The highest BCUT2D eigenvalue weighted by Gasteiger charge is 2.58. The second kappa shape index (κ2) is 14.6. The van der Waals surface area contributed by atoms with Gasteiger partial charge in [0.2, 0.25) is 5.91 Å². The molecule has 2 aromatic carbocycles. The quantitative estimate of drug-likeness (QED) is 0.0503. The van der Waals surface area contributed by atoms with E-state index in [2.05, 4.69) is 10.6 Å². The van der Waals surface area contributed by atoms with Crippen LogP contribution in [-0.4, -0.2) is 76.9 Å². The predicted molar refractivity (Wildman–Crippen MR) is 174 cm³/mol. The molecule has 0 radical (unpaired) electrons. The number of fused-ring (bicyclic) bond motifs is 2. The largest absolute Gasteiger partial charge is 0.508 e. The molecule has 0 unspecified atom stereocenters. The number of hydrogen-bond acceptors (Lipinski definition) is 10. The summed E-state index contributed by atoms with van der Waals surface area (Å²) in [5, 5.41) is 31.5. The van der Waals surface area contributed by atoms with E-state index in [0.717, 1.165) is 0 Å². The van der Waals surface area contributed by atoms with Crippen molar-refractivity contribution >= 4 is 43.9 Å². The molecule has 2 aromatic rings. The van der Waals surface area contributed by atoms with Crippen LogP contribution in [0.3, 0.4) is 0 Å². The second-order valence-corrected chi connectivity index (χ2v) is 15.2. The zero-order chi connectivity index (χ0) is 36.3. The van der Waals surface area contributed by atoms with Crippen LogP contribution >= 0.6 is 15.2 Å². The van der Waals surface area contributed by atoms with Crippen molar-refractivity contribution in [2.45, 2.75) is 36.8 Å². The topological polar surface area (TPSA) is 307 Å². The van der Waals surface area contributed by atoms with Crippen LogP contribution in [0, 0.1) is 0 Å². The maximum absolute atomic E-state index is 13.1. The fraction of sp³-hybridized carbons (Fsp3) is 0.267. The summed E-state index contributed by atoms with van der Waals surface area (Å²) in [6.07, 6.45) is -0.370. The van der Waals surface area contributed by atoms with Gasteiger partial charge < -0.3 is 55.7 Å². The molecule has 49 heavy (non-hydrogen) atoms. The Labute approximate surface area is 277 Å². The van der Waals surface area contributed by atoms with Crippen molar-refractivity contribution in [3.05, 3.63) is 75.9 Å². The van der Waals surface area contributed by atoms with Gasteiger partial charge in [-0.05, 0) is 67.3 Å². The van der Waals surface area contributed by atoms with Crippen molar-refractivity contribution in [3.8, 4) is 28.2 Å². The van der Waals surface area contributed by atoms with E-state index in [1.165, 1.54) is 54.6 Å². The van der Waals surface area contributed by atoms with Gasteiger partial charge >= 0.3 is 21.2 Å². The van der Waals surface area contributed by atoms with Crippen molar-refractivity contribution in [1.82, 2.24) is 10.6 Å². The third kappa shape index (κ3) is 8.24. The Hall–Kier alpha value is -4.44. The van der Waals surface area contributed by atoms with Crippen molar-refractivity contribution in [2.75, 3.05) is 13.1 Å². The molecule has 0 bridgehead atoms. The first kappa shape index (κ1) is 37.4. The van der Waals surface area contributed by atoms with Crippen molar-refractivity contribution in [1.29, 1.82) is 0 Å². The van der Waals surface area contributed by atoms with E-state index in [4.69, 9.17) is 10.2 Å². The molecule has 262 valence electrons. The van der Waals surface area contributed by atoms with E-state index in [9.17, 15) is 63.2 Å². The van der Waals surface area contributed by atoms with Gasteiger partial charge in [0.1, 0.15) is 17.1 Å². The molecule has 0 fully saturated rings. The first-order chi connectivity index (χ1) is 22.8. The lowest BCUT2D eigenvalue weighted by Crippen LogP contribution is -2.43. The van der Waals surface area contributed by atoms with Gasteiger partial charge in [-0.15, -0.1) is 0 Å². The lowest BCUT2D eigenvalue weighted by atomic mass is 9.89. The molecule has 4 rings (SSSR count). The molecule has 1 aliphatic carbocycles. The highest BCUT2D eigenvalue weighted by atomic mass is 31.2. The van der Waals surface area contributed by atoms with Crippen LogP contribution in [0.15, 0.2) is 63.8 Å². The minimum atomic E-state index is -5.67. The van der Waals surface area contributed by atoms with E-state index in [1.807, 2.05) is 0 Å². The van der Waals surface area contributed by atoms with Crippen LogP contribution in [0.5, 0.6) is 5.75 Å². The first-order valence-electron chi connectivity index (χ1n) is 14.6. The summed E-state index contributed by atoms with van der Waals surface area (Å²) in [6.45, 7) is -0.564. The minimum absolute atomic E-state index is 0.0975. The predicted octanol–water partition coefficient (Wildman–Crippen LogP) is 1.70. The highest BCUT2D eigenvalue weighted by molar-refractivity contribution is 7.72. The smallest absolute Gasteiger partial charge is 0.369 e. The molecule has 1 aliphatic heterocycles. The molecule has 17 nitrogen and oxygen atoms in total. The first-order valence-corrected chi connectivity index (χ1v) is 17.8. The van der Waals surface area contributed by atoms with Crippen molar-refractivity contribution < 1.29 is 62.8 Å². The van der Waals surface area contributed by atoms with Gasteiger partial charge in [-0.3, -0.25) is 23.5 Å². The Balaban J connectivity index is 1.41.